The van der Waals surface area contributed by atoms with E-state index in [0.717, 1.165) is 22.3 Å². The molecule has 0 spiro atoms. The smallest absolute Gasteiger partial charge is 0.423 e. The average molecular weight is 789 g/mol. The third kappa shape index (κ3) is 10.7. The van der Waals surface area contributed by atoms with Crippen LogP contribution in [0.15, 0.2) is 102 Å². The molecule has 1 heterocycles. The highest BCUT2D eigenvalue weighted by Gasteiger charge is 2.32. The van der Waals surface area contributed by atoms with Crippen LogP contribution in [0, 0.1) is 0 Å². The quantitative estimate of drug-likeness (QED) is 0.0545. The lowest BCUT2D eigenvalue weighted by Crippen LogP contribution is -2.29. The Balaban J connectivity index is 1.13. The van der Waals surface area contributed by atoms with Crippen molar-refractivity contribution in [3.8, 4) is 34.1 Å². The summed E-state index contributed by atoms with van der Waals surface area (Å²) in [5, 5.41) is 4.48. The molecule has 17 heteroatoms. The Kier molecular flexibility index (Phi) is 14.0. The summed E-state index contributed by atoms with van der Waals surface area (Å²) in [7, 11) is -1.37. The predicted octanol–water partition coefficient (Wildman–Crippen LogP) is 8.34. The number of hydrogen-bond donors (Lipinski definition) is 0. The van der Waals surface area contributed by atoms with E-state index in [0.29, 0.717) is 36.0 Å². The molecule has 0 amide bonds. The van der Waals surface area contributed by atoms with Crippen molar-refractivity contribution in [3.63, 3.8) is 0 Å². The molecule has 0 saturated heterocycles. The lowest BCUT2D eigenvalue weighted by molar-refractivity contribution is -0.138. The lowest BCUT2D eigenvalue weighted by atomic mass is 10.0. The summed E-state index contributed by atoms with van der Waals surface area (Å²) in [6.07, 6.45) is 2.06. The van der Waals surface area contributed by atoms with Crippen LogP contribution in [0.3, 0.4) is 0 Å². The highest BCUT2D eigenvalue weighted by molar-refractivity contribution is 8.02. The molecule has 0 radical (unpaired) electrons. The predicted molar refractivity (Wildman–Crippen MR) is 204 cm³/mol. The van der Waals surface area contributed by atoms with Gasteiger partial charge in [-0.2, -0.15) is 0 Å². The number of rotatable bonds is 18. The molecule has 1 unspecified atom stereocenters. The first-order valence-corrected chi connectivity index (χ1v) is 21.7. The van der Waals surface area contributed by atoms with Crippen molar-refractivity contribution in [2.24, 2.45) is 5.10 Å². The zero-order valence-electron chi connectivity index (χ0n) is 29.4. The van der Waals surface area contributed by atoms with Gasteiger partial charge >= 0.3 is 28.7 Å². The summed E-state index contributed by atoms with van der Waals surface area (Å²) in [4.78, 5) is 1.68. The van der Waals surface area contributed by atoms with Crippen molar-refractivity contribution in [3.05, 3.63) is 108 Å². The summed E-state index contributed by atoms with van der Waals surface area (Å²) in [6, 6.07) is 30.3. The molecule has 13 nitrogen and oxygen atoms in total. The van der Waals surface area contributed by atoms with Crippen LogP contribution in [0.5, 0.6) is 23.0 Å². The minimum atomic E-state index is -3.42. The molecule has 4 aromatic carbocycles. The summed E-state index contributed by atoms with van der Waals surface area (Å²) in [5.74, 6) is 2.49. The normalized spacial score (nSPS) is 13.5. The minimum Gasteiger partial charge on any atom is -0.423 e. The van der Waals surface area contributed by atoms with Crippen LogP contribution in [-0.2, 0) is 45.5 Å². The van der Waals surface area contributed by atoms with Crippen LogP contribution in [0.25, 0.3) is 11.1 Å². The fourth-order valence-corrected chi connectivity index (χ4v) is 8.33. The number of hydrogen-bond acceptors (Lipinski definition) is 13. The molecule has 0 N–H and O–H groups in total. The third-order valence-electron chi connectivity index (χ3n) is 7.92. The third-order valence-corrected chi connectivity index (χ3v) is 13.5. The molecule has 276 valence electrons. The van der Waals surface area contributed by atoms with Gasteiger partial charge < -0.3 is 32.3 Å². The first-order chi connectivity index (χ1) is 25.1. The van der Waals surface area contributed by atoms with Gasteiger partial charge in [0.05, 0.1) is 13.3 Å². The number of hydrazone groups is 1. The maximum atomic E-state index is 12.8. The summed E-state index contributed by atoms with van der Waals surface area (Å²) < 4.78 is 71.7. The fraction of sp³-hybridized carbons (Fsp3) is 0.286. The SMILES string of the molecule is COP(=O)(CN(CCc1ccc(O[P+](=S)N(C)/N=C\c2ccc(OC3Oc4ccccc4-c4ccccc4O3)cc2)cc1)CP(=O)(OC)OC)OC. The molecule has 0 aliphatic carbocycles. The number of ether oxygens (including phenoxy) is 3. The zero-order valence-corrected chi connectivity index (χ0v) is 32.9. The van der Waals surface area contributed by atoms with Crippen molar-refractivity contribution < 1.29 is 46.0 Å². The van der Waals surface area contributed by atoms with Gasteiger partial charge in [0.2, 0.25) is 11.8 Å². The van der Waals surface area contributed by atoms with E-state index in [1.807, 2.05) is 97.1 Å². The summed E-state index contributed by atoms with van der Waals surface area (Å²) in [5.41, 5.74) is 3.66. The standard InChI is InChI=1S/C35H41N3O10P3S/c1-37(49(52)48-30-20-14-27(15-21-30)22-23-38(25-50(39,41-2)42-3)26-51(40,43-4)44-5)36-24-28-16-18-29(19-17-28)45-35-46-33-12-8-6-10-31(33)32-11-7-9-13-34(32)47-35/h6-21,24,35H,22-23,25-26H2,1-5H3/q+1/b36-24-. The molecule has 1 atom stereocenters. The molecular weight excluding hydrogens is 747 g/mol. The fourth-order valence-electron chi connectivity index (χ4n) is 5.01. The first kappa shape index (κ1) is 39.5. The number of nitrogens with zero attached hydrogens (tertiary/aromatic N) is 3. The first-order valence-electron chi connectivity index (χ1n) is 16.0. The highest BCUT2D eigenvalue weighted by atomic mass is 32.4. The monoisotopic (exact) mass is 788 g/mol. The second kappa shape index (κ2) is 18.4. The van der Waals surface area contributed by atoms with Crippen molar-refractivity contribution >= 4 is 40.3 Å². The van der Waals surface area contributed by atoms with Crippen molar-refractivity contribution in [1.82, 2.24) is 9.68 Å². The topological polar surface area (TPSA) is 127 Å². The second-order valence-electron chi connectivity index (χ2n) is 11.3. The summed E-state index contributed by atoms with van der Waals surface area (Å²) in [6.45, 7) is -0.591. The van der Waals surface area contributed by atoms with Gasteiger partial charge in [-0.05, 0) is 66.1 Å². The zero-order chi connectivity index (χ0) is 37.1. The molecule has 1 aliphatic heterocycles. The average Bonchev–Trinajstić information content (AvgIpc) is 3.33. The largest absolute Gasteiger partial charge is 0.540 e. The molecule has 5 rings (SSSR count). The van der Waals surface area contributed by atoms with Crippen molar-refractivity contribution in [1.29, 1.82) is 0 Å². The van der Waals surface area contributed by atoms with Crippen LogP contribution in [0.1, 0.15) is 11.1 Å². The van der Waals surface area contributed by atoms with E-state index in [2.05, 4.69) is 5.10 Å². The van der Waals surface area contributed by atoms with E-state index in [1.54, 1.807) is 22.9 Å². The van der Waals surface area contributed by atoms with Crippen molar-refractivity contribution in [2.45, 2.75) is 12.9 Å². The Morgan fingerprint density at radius 2 is 1.25 bits per heavy atom. The Morgan fingerprint density at radius 1 is 0.750 bits per heavy atom. The van der Waals surface area contributed by atoms with Gasteiger partial charge in [-0.15, -0.1) is 5.10 Å². The van der Waals surface area contributed by atoms with Crippen LogP contribution in [0.4, 0.5) is 0 Å². The summed E-state index contributed by atoms with van der Waals surface area (Å²) >= 11 is 5.60. The van der Waals surface area contributed by atoms with Gasteiger partial charge in [-0.25, -0.2) is 0 Å². The van der Waals surface area contributed by atoms with Gasteiger partial charge in [0.15, 0.2) is 5.75 Å². The van der Waals surface area contributed by atoms with Gasteiger partial charge in [-0.3, -0.25) is 18.6 Å². The molecule has 1 aliphatic rings. The second-order valence-corrected chi connectivity index (χ2v) is 17.9. The molecule has 4 aromatic rings. The Labute approximate surface area is 310 Å². The van der Waals surface area contributed by atoms with Gasteiger partial charge in [0.1, 0.15) is 29.8 Å². The van der Waals surface area contributed by atoms with Gasteiger partial charge in [0.25, 0.3) is 0 Å². The molecule has 52 heavy (non-hydrogen) atoms. The Hall–Kier alpha value is -3.67. The highest BCUT2D eigenvalue weighted by Crippen LogP contribution is 2.51. The molecule has 0 aromatic heterocycles. The van der Waals surface area contributed by atoms with Crippen molar-refractivity contribution in [2.75, 3.05) is 54.6 Å². The molecule has 0 saturated carbocycles. The van der Waals surface area contributed by atoms with E-state index in [1.165, 1.54) is 28.4 Å². The maximum Gasteiger partial charge on any atom is 0.540 e. The Morgan fingerprint density at radius 3 is 1.77 bits per heavy atom. The van der Waals surface area contributed by atoms with E-state index in [4.69, 9.17) is 48.6 Å². The molecular formula is C35H41N3O10P3S+. The van der Waals surface area contributed by atoms with E-state index in [9.17, 15) is 9.13 Å². The van der Waals surface area contributed by atoms with Crippen LogP contribution in [0.2, 0.25) is 0 Å². The van der Waals surface area contributed by atoms with E-state index in [-0.39, 0.29) is 12.6 Å². The number of fused-ring (bicyclic) bond motifs is 3. The van der Waals surface area contributed by atoms with Crippen LogP contribution in [-0.4, -0.2) is 77.0 Å². The van der Waals surface area contributed by atoms with E-state index >= 15 is 0 Å². The number of benzene rings is 4. The van der Waals surface area contributed by atoms with Crippen LogP contribution < -0.4 is 18.7 Å². The molecule has 0 fully saturated rings. The van der Waals surface area contributed by atoms with E-state index < -0.39 is 28.7 Å². The molecule has 0 bridgehead atoms. The van der Waals surface area contributed by atoms with Gasteiger partial charge in [-0.1, -0.05) is 53.3 Å². The van der Waals surface area contributed by atoms with Crippen LogP contribution >= 0.6 is 22.3 Å². The Bertz CT molecular complexity index is 1840. The maximum absolute atomic E-state index is 12.8. The lowest BCUT2D eigenvalue weighted by Gasteiger charge is -2.27. The van der Waals surface area contributed by atoms with Gasteiger partial charge in [0, 0.05) is 46.1 Å². The minimum absolute atomic E-state index is 0.0851. The number of para-hydroxylation sites is 2.